The maximum Gasteiger partial charge on any atom is 0.229 e. The number of likely N-dealkylation sites (tertiary alicyclic amines) is 1. The van der Waals surface area contributed by atoms with Crippen molar-refractivity contribution < 1.29 is 19.1 Å². The average molecular weight is 440 g/mol. The Hall–Kier alpha value is -3.19. The zero-order valence-electron chi connectivity index (χ0n) is 16.8. The fourth-order valence-corrected chi connectivity index (χ4v) is 4.31. The number of nitrogens with one attached hydrogen (secondary N) is 2. The van der Waals surface area contributed by atoms with E-state index < -0.39 is 0 Å². The lowest BCUT2D eigenvalue weighted by molar-refractivity contribution is -0.128. The summed E-state index contributed by atoms with van der Waals surface area (Å²) in [5.41, 5.74) is 2.76. The van der Waals surface area contributed by atoms with Crippen LogP contribution in [0, 0.1) is 5.92 Å². The minimum Gasteiger partial charge on any atom is -0.486 e. The molecular weight excluding hydrogens is 418 g/mol. The van der Waals surface area contributed by atoms with Crippen molar-refractivity contribution in [3.05, 3.63) is 53.2 Å². The van der Waals surface area contributed by atoms with Gasteiger partial charge in [-0.1, -0.05) is 11.6 Å². The van der Waals surface area contributed by atoms with Gasteiger partial charge in [-0.15, -0.1) is 0 Å². The predicted octanol–water partition coefficient (Wildman–Crippen LogP) is 3.62. The number of H-pyrrole nitrogens is 1. The Balaban J connectivity index is 1.20. The quantitative estimate of drug-likeness (QED) is 0.636. The van der Waals surface area contributed by atoms with Crippen LogP contribution in [0.3, 0.4) is 0 Å². The number of carbonyl (C=O) groups excluding carboxylic acids is 2. The molecule has 7 nitrogen and oxygen atoms in total. The summed E-state index contributed by atoms with van der Waals surface area (Å²) in [5, 5.41) is 4.65. The molecular formula is C23H22ClN3O4. The average Bonchev–Trinajstić information content (AvgIpc) is 3.35. The van der Waals surface area contributed by atoms with Crippen molar-refractivity contribution in [3.63, 3.8) is 0 Å². The maximum absolute atomic E-state index is 12.7. The van der Waals surface area contributed by atoms with Gasteiger partial charge in [0.1, 0.15) is 13.2 Å². The number of aromatic nitrogens is 1. The molecule has 0 bridgehead atoms. The van der Waals surface area contributed by atoms with E-state index in [2.05, 4.69) is 10.3 Å². The first kappa shape index (κ1) is 19.8. The third-order valence-electron chi connectivity index (χ3n) is 5.78. The fourth-order valence-electron chi connectivity index (χ4n) is 4.14. The molecule has 160 valence electrons. The van der Waals surface area contributed by atoms with Gasteiger partial charge in [-0.3, -0.25) is 9.59 Å². The standard InChI is InChI=1S/C23H22ClN3O4/c24-16-1-3-19-18(10-16)14(12-25-19)5-6-27-13-15(9-22(27)28)23(29)26-17-2-4-20-21(11-17)31-8-7-30-20/h1-4,10-12,15,25H,5-9,13H2,(H,26,29)/t15-/m0/s1. The van der Waals surface area contributed by atoms with Gasteiger partial charge in [-0.05, 0) is 42.3 Å². The van der Waals surface area contributed by atoms with Gasteiger partial charge in [0.05, 0.1) is 5.92 Å². The number of anilines is 1. The van der Waals surface area contributed by atoms with Crippen molar-refractivity contribution in [2.75, 3.05) is 31.6 Å². The van der Waals surface area contributed by atoms with Crippen molar-refractivity contribution in [2.45, 2.75) is 12.8 Å². The summed E-state index contributed by atoms with van der Waals surface area (Å²) in [7, 11) is 0. The lowest BCUT2D eigenvalue weighted by Gasteiger charge is -2.19. The molecule has 0 aliphatic carbocycles. The van der Waals surface area contributed by atoms with Crippen LogP contribution in [0.5, 0.6) is 11.5 Å². The number of hydrogen-bond acceptors (Lipinski definition) is 4. The fraction of sp³-hybridized carbons (Fsp3) is 0.304. The second-order valence-corrected chi connectivity index (χ2v) is 8.28. The number of amides is 2. The minimum absolute atomic E-state index is 0.000183. The van der Waals surface area contributed by atoms with Crippen LogP contribution in [0.2, 0.25) is 5.02 Å². The molecule has 0 saturated carbocycles. The van der Waals surface area contributed by atoms with Gasteiger partial charge in [0.25, 0.3) is 0 Å². The highest BCUT2D eigenvalue weighted by Gasteiger charge is 2.34. The molecule has 5 rings (SSSR count). The summed E-state index contributed by atoms with van der Waals surface area (Å²) in [4.78, 5) is 30.2. The summed E-state index contributed by atoms with van der Waals surface area (Å²) < 4.78 is 11.1. The van der Waals surface area contributed by atoms with E-state index in [9.17, 15) is 9.59 Å². The Labute approximate surface area is 184 Å². The Bertz CT molecular complexity index is 1160. The van der Waals surface area contributed by atoms with E-state index in [1.54, 1.807) is 23.1 Å². The van der Waals surface area contributed by atoms with Crippen LogP contribution in [0.25, 0.3) is 10.9 Å². The van der Waals surface area contributed by atoms with Crippen molar-refractivity contribution in [3.8, 4) is 11.5 Å². The van der Waals surface area contributed by atoms with E-state index in [1.807, 2.05) is 24.4 Å². The van der Waals surface area contributed by atoms with Gasteiger partial charge in [-0.25, -0.2) is 0 Å². The van der Waals surface area contributed by atoms with Crippen LogP contribution < -0.4 is 14.8 Å². The number of halogens is 1. The lowest BCUT2D eigenvalue weighted by Crippen LogP contribution is -2.30. The lowest BCUT2D eigenvalue weighted by atomic mass is 10.1. The Morgan fingerprint density at radius 1 is 1.16 bits per heavy atom. The molecule has 1 aromatic heterocycles. The number of carbonyl (C=O) groups is 2. The molecule has 1 atom stereocenters. The summed E-state index contributed by atoms with van der Waals surface area (Å²) >= 11 is 6.12. The zero-order chi connectivity index (χ0) is 21.4. The smallest absolute Gasteiger partial charge is 0.229 e. The Morgan fingerprint density at radius 2 is 2.00 bits per heavy atom. The van der Waals surface area contributed by atoms with Gasteiger partial charge in [0.2, 0.25) is 11.8 Å². The summed E-state index contributed by atoms with van der Waals surface area (Å²) in [6, 6.07) is 11.0. The number of aromatic amines is 1. The van der Waals surface area contributed by atoms with Gasteiger partial charge < -0.3 is 24.7 Å². The molecule has 3 aromatic rings. The molecule has 2 aromatic carbocycles. The second kappa shape index (κ2) is 8.15. The third kappa shape index (κ3) is 4.05. The van der Waals surface area contributed by atoms with Gasteiger partial charge in [0.15, 0.2) is 11.5 Å². The van der Waals surface area contributed by atoms with Gasteiger partial charge in [-0.2, -0.15) is 0 Å². The highest BCUT2D eigenvalue weighted by molar-refractivity contribution is 6.31. The van der Waals surface area contributed by atoms with E-state index in [0.717, 1.165) is 16.5 Å². The van der Waals surface area contributed by atoms with Crippen molar-refractivity contribution in [1.29, 1.82) is 0 Å². The highest BCUT2D eigenvalue weighted by Crippen LogP contribution is 2.33. The van der Waals surface area contributed by atoms with Crippen LogP contribution in [0.15, 0.2) is 42.6 Å². The normalized spacial score (nSPS) is 17.9. The van der Waals surface area contributed by atoms with Crippen LogP contribution in [-0.2, 0) is 16.0 Å². The molecule has 2 aliphatic rings. The first-order valence-electron chi connectivity index (χ1n) is 10.3. The van der Waals surface area contributed by atoms with E-state index in [0.29, 0.717) is 54.9 Å². The SMILES string of the molecule is O=C(Nc1ccc2c(c1)OCCO2)[C@H]1CC(=O)N(CCc2c[nH]c3ccc(Cl)cc23)C1. The monoisotopic (exact) mass is 439 g/mol. The largest absolute Gasteiger partial charge is 0.486 e. The third-order valence-corrected chi connectivity index (χ3v) is 6.01. The van der Waals surface area contributed by atoms with E-state index in [1.165, 1.54) is 0 Å². The number of fused-ring (bicyclic) bond motifs is 2. The van der Waals surface area contributed by atoms with E-state index in [-0.39, 0.29) is 24.2 Å². The van der Waals surface area contributed by atoms with Crippen molar-refractivity contribution in [2.24, 2.45) is 5.92 Å². The van der Waals surface area contributed by atoms with Crippen molar-refractivity contribution >= 4 is 40.0 Å². The number of benzene rings is 2. The maximum atomic E-state index is 12.7. The first-order chi connectivity index (χ1) is 15.1. The van der Waals surface area contributed by atoms with E-state index in [4.69, 9.17) is 21.1 Å². The zero-order valence-corrected chi connectivity index (χ0v) is 17.6. The molecule has 2 aliphatic heterocycles. The number of ether oxygens (including phenoxy) is 2. The molecule has 2 N–H and O–H groups in total. The summed E-state index contributed by atoms with van der Waals surface area (Å²) in [5.74, 6) is 0.752. The molecule has 8 heteroatoms. The van der Waals surface area contributed by atoms with Crippen LogP contribution in [0.1, 0.15) is 12.0 Å². The van der Waals surface area contributed by atoms with Gasteiger partial charge >= 0.3 is 0 Å². The summed E-state index contributed by atoms with van der Waals surface area (Å²) in [6.07, 6.45) is 2.87. The number of hydrogen-bond donors (Lipinski definition) is 2. The predicted molar refractivity (Wildman–Crippen MR) is 118 cm³/mol. The van der Waals surface area contributed by atoms with Gasteiger partial charge in [0, 0.05) is 53.4 Å². The first-order valence-corrected chi connectivity index (χ1v) is 10.7. The highest BCUT2D eigenvalue weighted by atomic mass is 35.5. The molecule has 0 unspecified atom stereocenters. The van der Waals surface area contributed by atoms with Crippen molar-refractivity contribution in [1.82, 2.24) is 9.88 Å². The molecule has 31 heavy (non-hydrogen) atoms. The second-order valence-electron chi connectivity index (χ2n) is 7.84. The molecule has 1 fully saturated rings. The van der Waals surface area contributed by atoms with Crippen LogP contribution in [0.4, 0.5) is 5.69 Å². The van der Waals surface area contributed by atoms with Crippen LogP contribution in [-0.4, -0.2) is 48.0 Å². The topological polar surface area (TPSA) is 83.7 Å². The Kier molecular flexibility index (Phi) is 5.19. The Morgan fingerprint density at radius 3 is 2.87 bits per heavy atom. The molecule has 0 radical (unpaired) electrons. The molecule has 3 heterocycles. The molecule has 0 spiro atoms. The van der Waals surface area contributed by atoms with E-state index >= 15 is 0 Å². The molecule has 1 saturated heterocycles. The summed E-state index contributed by atoms with van der Waals surface area (Å²) in [6.45, 7) is 1.98. The van der Waals surface area contributed by atoms with Crippen LogP contribution >= 0.6 is 11.6 Å². The number of rotatable bonds is 5. The minimum atomic E-state index is -0.377. The number of nitrogens with zero attached hydrogens (tertiary/aromatic N) is 1. The molecule has 2 amide bonds.